The number of hydrogen-bond donors (Lipinski definition) is 3. The molecule has 2 aromatic rings. The number of carbonyl (C=O) groups is 1. The molecule has 0 radical (unpaired) electrons. The number of aromatic hydroxyl groups is 1. The van der Waals surface area contributed by atoms with Crippen LogP contribution in [0.4, 0.5) is 0 Å². The largest absolute Gasteiger partial charge is 0.507 e. The van der Waals surface area contributed by atoms with Gasteiger partial charge in [-0.2, -0.15) is 0 Å². The van der Waals surface area contributed by atoms with E-state index in [-0.39, 0.29) is 17.2 Å². The molecule has 5 nitrogen and oxygen atoms in total. The molecule has 0 fully saturated rings. The van der Waals surface area contributed by atoms with Crippen LogP contribution in [-0.4, -0.2) is 28.5 Å². The fourth-order valence-electron chi connectivity index (χ4n) is 2.42. The summed E-state index contributed by atoms with van der Waals surface area (Å²) in [7, 11) is 0. The molecule has 0 heterocycles. The Morgan fingerprint density at radius 2 is 1.89 bits per heavy atom. The van der Waals surface area contributed by atoms with Gasteiger partial charge >= 0.3 is 5.97 Å². The lowest BCUT2D eigenvalue weighted by molar-refractivity contribution is -0.139. The lowest BCUT2D eigenvalue weighted by Crippen LogP contribution is -2.09. The number of aliphatic carboxylic acids is 1. The molecule has 0 bridgehead atoms. The van der Waals surface area contributed by atoms with E-state index in [4.69, 9.17) is 38.5 Å². The second kappa shape index (κ2) is 9.44. The minimum Gasteiger partial charge on any atom is -0.507 e. The summed E-state index contributed by atoms with van der Waals surface area (Å²) in [6, 6.07) is 8.01. The zero-order valence-corrected chi connectivity index (χ0v) is 16.1. The van der Waals surface area contributed by atoms with Crippen molar-refractivity contribution in [2.24, 2.45) is 0 Å². The first-order valence-corrected chi connectivity index (χ1v) is 8.97. The van der Waals surface area contributed by atoms with Gasteiger partial charge in [-0.05, 0) is 47.9 Å². The predicted molar refractivity (Wildman–Crippen MR) is 107 cm³/mol. The number of carboxylic acid groups (broad SMARTS) is 1. The summed E-state index contributed by atoms with van der Waals surface area (Å²) in [5.74, 6) is -0.796. The topological polar surface area (TPSA) is 90.6 Å². The fraction of sp³-hybridized carbons (Fsp3) is 0.200. The van der Waals surface area contributed by atoms with Gasteiger partial charge in [0.05, 0.1) is 5.71 Å². The Morgan fingerprint density at radius 1 is 1.22 bits per heavy atom. The van der Waals surface area contributed by atoms with E-state index >= 15 is 0 Å². The van der Waals surface area contributed by atoms with Gasteiger partial charge in [0.15, 0.2) is 6.61 Å². The van der Waals surface area contributed by atoms with Crippen LogP contribution in [0.1, 0.15) is 30.0 Å². The summed E-state index contributed by atoms with van der Waals surface area (Å²) < 4.78 is 5.10. The van der Waals surface area contributed by atoms with Gasteiger partial charge in [0.1, 0.15) is 11.5 Å². The lowest BCUT2D eigenvalue weighted by atomic mass is 9.99. The standard InChI is InChI=1S/C20H19Cl2NO4/c1-2-3-4-18(23)15-8-12(5-6-19(15)24)7-14-16(21)9-13(10-17(14)22)27-11-20(25)26/h3-6,8-10,23-24H,2,7,11H2,1H3,(H,25,26)/b4-3-,23-18?. The monoisotopic (exact) mass is 407 g/mol. The molecule has 0 spiro atoms. The van der Waals surface area contributed by atoms with Crippen molar-refractivity contribution in [3.63, 3.8) is 0 Å². The van der Waals surface area contributed by atoms with Crippen molar-refractivity contribution in [3.05, 3.63) is 69.2 Å². The summed E-state index contributed by atoms with van der Waals surface area (Å²) >= 11 is 12.6. The quantitative estimate of drug-likeness (QED) is 0.531. The van der Waals surface area contributed by atoms with Gasteiger partial charge in [-0.25, -0.2) is 4.79 Å². The highest BCUT2D eigenvalue weighted by Crippen LogP contribution is 2.33. The highest BCUT2D eigenvalue weighted by atomic mass is 35.5. The van der Waals surface area contributed by atoms with Crippen molar-refractivity contribution in [3.8, 4) is 11.5 Å². The minimum atomic E-state index is -1.09. The van der Waals surface area contributed by atoms with E-state index in [0.29, 0.717) is 27.6 Å². The molecule has 3 N–H and O–H groups in total. The van der Waals surface area contributed by atoms with E-state index in [1.165, 1.54) is 18.2 Å². The number of benzene rings is 2. The first-order chi connectivity index (χ1) is 12.8. The molecule has 2 aromatic carbocycles. The molecule has 2 rings (SSSR count). The predicted octanol–water partition coefficient (Wildman–Crippen LogP) is 5.09. The second-order valence-corrected chi connectivity index (χ2v) is 6.61. The Balaban J connectivity index is 2.27. The van der Waals surface area contributed by atoms with Crippen LogP contribution in [0.3, 0.4) is 0 Å². The van der Waals surface area contributed by atoms with E-state index in [2.05, 4.69) is 0 Å². The number of rotatable bonds is 8. The maximum Gasteiger partial charge on any atom is 0.341 e. The third kappa shape index (κ3) is 5.74. The third-order valence-corrected chi connectivity index (χ3v) is 4.40. The molecule has 0 saturated heterocycles. The van der Waals surface area contributed by atoms with Gasteiger partial charge in [-0.1, -0.05) is 42.3 Å². The van der Waals surface area contributed by atoms with Gasteiger partial charge in [0.25, 0.3) is 0 Å². The van der Waals surface area contributed by atoms with Crippen LogP contribution in [0, 0.1) is 5.41 Å². The molecule has 0 aromatic heterocycles. The fourth-order valence-corrected chi connectivity index (χ4v) is 3.02. The molecule has 0 aliphatic carbocycles. The molecule has 0 saturated carbocycles. The summed E-state index contributed by atoms with van der Waals surface area (Å²) in [6.45, 7) is 1.48. The van der Waals surface area contributed by atoms with Crippen molar-refractivity contribution in [2.45, 2.75) is 19.8 Å². The minimum absolute atomic E-state index is 0.0270. The lowest BCUT2D eigenvalue weighted by Gasteiger charge is -2.12. The first-order valence-electron chi connectivity index (χ1n) is 8.21. The molecule has 0 aliphatic rings. The molecule has 27 heavy (non-hydrogen) atoms. The number of ether oxygens (including phenoxy) is 1. The SMILES string of the molecule is CC/C=C\C(=N)c1cc(Cc2c(Cl)cc(OCC(=O)O)cc2Cl)ccc1O. The summed E-state index contributed by atoms with van der Waals surface area (Å²) in [5.41, 5.74) is 2.10. The Hall–Kier alpha value is -2.50. The average Bonchev–Trinajstić information content (AvgIpc) is 2.62. The molecule has 0 unspecified atom stereocenters. The number of allylic oxidation sites excluding steroid dienone is 2. The van der Waals surface area contributed by atoms with E-state index in [1.807, 2.05) is 13.0 Å². The number of hydrogen-bond acceptors (Lipinski definition) is 4. The summed E-state index contributed by atoms with van der Waals surface area (Å²) in [5, 5.41) is 27.5. The highest BCUT2D eigenvalue weighted by molar-refractivity contribution is 6.36. The van der Waals surface area contributed by atoms with E-state index in [0.717, 1.165) is 12.0 Å². The molecule has 0 aliphatic heterocycles. The van der Waals surface area contributed by atoms with Crippen LogP contribution in [0.5, 0.6) is 11.5 Å². The number of phenols is 1. The van der Waals surface area contributed by atoms with Crippen molar-refractivity contribution < 1.29 is 19.7 Å². The van der Waals surface area contributed by atoms with Crippen molar-refractivity contribution >= 4 is 34.9 Å². The Morgan fingerprint density at radius 3 is 2.48 bits per heavy atom. The maximum absolute atomic E-state index is 10.6. The molecular formula is C20H19Cl2NO4. The molecule has 7 heteroatoms. The van der Waals surface area contributed by atoms with Crippen molar-refractivity contribution in [2.75, 3.05) is 6.61 Å². The van der Waals surface area contributed by atoms with E-state index < -0.39 is 12.6 Å². The van der Waals surface area contributed by atoms with Crippen molar-refractivity contribution in [1.82, 2.24) is 0 Å². The third-order valence-electron chi connectivity index (χ3n) is 3.73. The summed E-state index contributed by atoms with van der Waals surface area (Å²) in [4.78, 5) is 10.6. The van der Waals surface area contributed by atoms with E-state index in [9.17, 15) is 9.90 Å². The van der Waals surface area contributed by atoms with Crippen LogP contribution in [0.15, 0.2) is 42.5 Å². The average molecular weight is 408 g/mol. The zero-order valence-electron chi connectivity index (χ0n) is 14.6. The molecular weight excluding hydrogens is 389 g/mol. The van der Waals surface area contributed by atoms with Crippen LogP contribution >= 0.6 is 23.2 Å². The Kier molecular flexibility index (Phi) is 7.28. The Bertz CT molecular complexity index is 871. The van der Waals surface area contributed by atoms with E-state index in [1.54, 1.807) is 18.2 Å². The number of carboxylic acids is 1. The van der Waals surface area contributed by atoms with Crippen LogP contribution in [0.2, 0.25) is 10.0 Å². The molecule has 0 amide bonds. The van der Waals surface area contributed by atoms with Crippen LogP contribution in [0.25, 0.3) is 0 Å². The number of nitrogens with one attached hydrogen (secondary N) is 1. The highest BCUT2D eigenvalue weighted by Gasteiger charge is 2.13. The van der Waals surface area contributed by atoms with Gasteiger partial charge in [0.2, 0.25) is 0 Å². The summed E-state index contributed by atoms with van der Waals surface area (Å²) in [6.07, 6.45) is 4.67. The maximum atomic E-state index is 10.6. The smallest absolute Gasteiger partial charge is 0.341 e. The molecule has 142 valence electrons. The van der Waals surface area contributed by atoms with Gasteiger partial charge in [-0.3, -0.25) is 0 Å². The van der Waals surface area contributed by atoms with Crippen molar-refractivity contribution in [1.29, 1.82) is 5.41 Å². The van der Waals surface area contributed by atoms with Crippen LogP contribution in [-0.2, 0) is 11.2 Å². The van der Waals surface area contributed by atoms with Gasteiger partial charge < -0.3 is 20.4 Å². The zero-order chi connectivity index (χ0) is 20.0. The first kappa shape index (κ1) is 20.8. The van der Waals surface area contributed by atoms with Gasteiger partial charge in [0, 0.05) is 22.0 Å². The van der Waals surface area contributed by atoms with Crippen LogP contribution < -0.4 is 4.74 Å². The second-order valence-electron chi connectivity index (χ2n) is 5.80. The number of halogens is 2. The Labute approximate surface area is 167 Å². The number of phenolic OH excluding ortho intramolecular Hbond substituents is 1. The normalized spacial score (nSPS) is 10.9. The van der Waals surface area contributed by atoms with Gasteiger partial charge in [-0.15, -0.1) is 0 Å². The molecule has 0 atom stereocenters.